The molecule has 0 bridgehead atoms. The zero-order valence-corrected chi connectivity index (χ0v) is 11.9. The Morgan fingerprint density at radius 1 is 1.40 bits per heavy atom. The minimum absolute atomic E-state index is 0.0565. The molecule has 0 aliphatic carbocycles. The first-order valence-electron chi connectivity index (χ1n) is 7.44. The van der Waals surface area contributed by atoms with Gasteiger partial charge in [0.15, 0.2) is 0 Å². The molecule has 3 N–H and O–H groups in total. The van der Waals surface area contributed by atoms with Crippen LogP contribution in [0.3, 0.4) is 0 Å². The number of carbonyl (C=O) groups is 1. The molecule has 0 saturated carbocycles. The van der Waals surface area contributed by atoms with E-state index in [2.05, 4.69) is 17.4 Å². The number of amides is 1. The van der Waals surface area contributed by atoms with E-state index in [1.165, 1.54) is 5.56 Å². The van der Waals surface area contributed by atoms with Crippen LogP contribution in [0.2, 0.25) is 0 Å². The van der Waals surface area contributed by atoms with Crippen molar-refractivity contribution in [1.29, 1.82) is 0 Å². The summed E-state index contributed by atoms with van der Waals surface area (Å²) in [5.41, 5.74) is 7.13. The van der Waals surface area contributed by atoms with Crippen LogP contribution in [0, 0.1) is 0 Å². The predicted molar refractivity (Wildman–Crippen MR) is 79.3 cm³/mol. The molecule has 1 unspecified atom stereocenters. The molecule has 1 aliphatic rings. The largest absolute Gasteiger partial charge is 0.378 e. The summed E-state index contributed by atoms with van der Waals surface area (Å²) < 4.78 is 5.52. The van der Waals surface area contributed by atoms with Crippen LogP contribution in [-0.2, 0) is 16.0 Å². The second-order valence-electron chi connectivity index (χ2n) is 5.35. The minimum atomic E-state index is -0.431. The zero-order chi connectivity index (χ0) is 14.2. The van der Waals surface area contributed by atoms with Crippen LogP contribution in [-0.4, -0.2) is 31.2 Å². The molecule has 1 aromatic rings. The topological polar surface area (TPSA) is 64.4 Å². The lowest BCUT2D eigenvalue weighted by Crippen LogP contribution is -2.41. The number of hydrogen-bond donors (Lipinski definition) is 2. The number of nitrogens with one attached hydrogen (secondary N) is 1. The SMILES string of the molecule is N[C@@H](CCc1ccccc1)C(=O)NCCC1CCCO1. The Kier molecular flexibility index (Phi) is 6.02. The van der Waals surface area contributed by atoms with Crippen molar-refractivity contribution in [1.82, 2.24) is 5.32 Å². The highest BCUT2D eigenvalue weighted by Crippen LogP contribution is 2.14. The molecule has 4 nitrogen and oxygen atoms in total. The van der Waals surface area contributed by atoms with Crippen LogP contribution >= 0.6 is 0 Å². The van der Waals surface area contributed by atoms with E-state index >= 15 is 0 Å². The normalized spacial score (nSPS) is 19.8. The molecule has 1 saturated heterocycles. The van der Waals surface area contributed by atoms with E-state index in [0.717, 1.165) is 32.3 Å². The average Bonchev–Trinajstić information content (AvgIpc) is 2.99. The highest BCUT2D eigenvalue weighted by Gasteiger charge is 2.17. The number of ether oxygens (including phenoxy) is 1. The molecular weight excluding hydrogens is 252 g/mol. The summed E-state index contributed by atoms with van der Waals surface area (Å²) in [6, 6.07) is 9.68. The molecule has 1 aromatic carbocycles. The van der Waals surface area contributed by atoms with Gasteiger partial charge in [0.1, 0.15) is 0 Å². The van der Waals surface area contributed by atoms with Crippen LogP contribution in [0.25, 0.3) is 0 Å². The molecule has 1 aliphatic heterocycles. The van der Waals surface area contributed by atoms with Gasteiger partial charge in [-0.3, -0.25) is 4.79 Å². The second kappa shape index (κ2) is 8.02. The molecule has 2 atom stereocenters. The third kappa shape index (κ3) is 4.94. The summed E-state index contributed by atoms with van der Waals surface area (Å²) in [4.78, 5) is 11.9. The fourth-order valence-corrected chi connectivity index (χ4v) is 2.46. The number of aryl methyl sites for hydroxylation is 1. The van der Waals surface area contributed by atoms with Crippen molar-refractivity contribution in [2.24, 2.45) is 5.73 Å². The first kappa shape index (κ1) is 15.0. The molecule has 1 fully saturated rings. The standard InChI is InChI=1S/C16H24N2O2/c17-15(9-8-13-5-2-1-3-6-13)16(19)18-11-10-14-7-4-12-20-14/h1-3,5-6,14-15H,4,7-12,17H2,(H,18,19)/t14?,15-/m0/s1. The van der Waals surface area contributed by atoms with Gasteiger partial charge in [-0.1, -0.05) is 30.3 Å². The average molecular weight is 276 g/mol. The van der Waals surface area contributed by atoms with E-state index in [4.69, 9.17) is 10.5 Å². The Morgan fingerprint density at radius 2 is 2.20 bits per heavy atom. The number of benzene rings is 1. The van der Waals surface area contributed by atoms with E-state index in [1.807, 2.05) is 18.2 Å². The molecule has 110 valence electrons. The summed E-state index contributed by atoms with van der Waals surface area (Å²) in [6.45, 7) is 1.51. The van der Waals surface area contributed by atoms with Crippen molar-refractivity contribution < 1.29 is 9.53 Å². The molecule has 2 rings (SSSR count). The van der Waals surface area contributed by atoms with Gasteiger partial charge in [0, 0.05) is 13.2 Å². The van der Waals surface area contributed by atoms with Gasteiger partial charge in [0.2, 0.25) is 5.91 Å². The Labute approximate surface area is 120 Å². The molecule has 1 heterocycles. The van der Waals surface area contributed by atoms with E-state index in [9.17, 15) is 4.79 Å². The maximum absolute atomic E-state index is 11.9. The smallest absolute Gasteiger partial charge is 0.236 e. The summed E-state index contributed by atoms with van der Waals surface area (Å²) in [5.74, 6) is -0.0565. The molecule has 20 heavy (non-hydrogen) atoms. The molecule has 0 aromatic heterocycles. The summed E-state index contributed by atoms with van der Waals surface area (Å²) >= 11 is 0. The Hall–Kier alpha value is -1.39. The second-order valence-corrected chi connectivity index (χ2v) is 5.35. The van der Waals surface area contributed by atoms with Gasteiger partial charge in [0.05, 0.1) is 12.1 Å². The van der Waals surface area contributed by atoms with Crippen LogP contribution in [0.5, 0.6) is 0 Å². The number of carbonyl (C=O) groups excluding carboxylic acids is 1. The summed E-state index contributed by atoms with van der Waals surface area (Å²) in [6.07, 6.45) is 4.95. The molecule has 0 spiro atoms. The van der Waals surface area contributed by atoms with Gasteiger partial charge < -0.3 is 15.8 Å². The first-order chi connectivity index (χ1) is 9.75. The van der Waals surface area contributed by atoms with E-state index in [1.54, 1.807) is 0 Å². The van der Waals surface area contributed by atoms with Gasteiger partial charge in [-0.2, -0.15) is 0 Å². The van der Waals surface area contributed by atoms with Crippen molar-refractivity contribution in [2.75, 3.05) is 13.2 Å². The van der Waals surface area contributed by atoms with Gasteiger partial charge in [-0.15, -0.1) is 0 Å². The van der Waals surface area contributed by atoms with Crippen LogP contribution in [0.4, 0.5) is 0 Å². The number of rotatable bonds is 7. The molecular formula is C16H24N2O2. The van der Waals surface area contributed by atoms with Crippen LogP contribution < -0.4 is 11.1 Å². The maximum Gasteiger partial charge on any atom is 0.236 e. The van der Waals surface area contributed by atoms with Gasteiger partial charge in [0.25, 0.3) is 0 Å². The number of hydrogen-bond acceptors (Lipinski definition) is 3. The zero-order valence-electron chi connectivity index (χ0n) is 11.9. The third-order valence-electron chi connectivity index (χ3n) is 3.71. The van der Waals surface area contributed by atoms with Crippen molar-refractivity contribution in [2.45, 2.75) is 44.2 Å². The van der Waals surface area contributed by atoms with Gasteiger partial charge in [-0.05, 0) is 37.7 Å². The fraction of sp³-hybridized carbons (Fsp3) is 0.562. The highest BCUT2D eigenvalue weighted by atomic mass is 16.5. The molecule has 0 radical (unpaired) electrons. The minimum Gasteiger partial charge on any atom is -0.378 e. The Bertz CT molecular complexity index is 402. The Morgan fingerprint density at radius 3 is 2.90 bits per heavy atom. The van der Waals surface area contributed by atoms with Crippen molar-refractivity contribution in [3.05, 3.63) is 35.9 Å². The highest BCUT2D eigenvalue weighted by molar-refractivity contribution is 5.81. The predicted octanol–water partition coefficient (Wildman–Crippen LogP) is 1.63. The van der Waals surface area contributed by atoms with Crippen molar-refractivity contribution >= 4 is 5.91 Å². The van der Waals surface area contributed by atoms with Crippen molar-refractivity contribution in [3.63, 3.8) is 0 Å². The van der Waals surface area contributed by atoms with Crippen molar-refractivity contribution in [3.8, 4) is 0 Å². The van der Waals surface area contributed by atoms with Gasteiger partial charge in [-0.25, -0.2) is 0 Å². The lowest BCUT2D eigenvalue weighted by molar-refractivity contribution is -0.122. The fourth-order valence-electron chi connectivity index (χ4n) is 2.46. The lowest BCUT2D eigenvalue weighted by Gasteiger charge is -2.14. The quantitative estimate of drug-likeness (QED) is 0.795. The first-order valence-corrected chi connectivity index (χ1v) is 7.44. The third-order valence-corrected chi connectivity index (χ3v) is 3.71. The summed E-state index contributed by atoms with van der Waals surface area (Å²) in [7, 11) is 0. The van der Waals surface area contributed by atoms with Crippen LogP contribution in [0.15, 0.2) is 30.3 Å². The maximum atomic E-state index is 11.9. The lowest BCUT2D eigenvalue weighted by atomic mass is 10.1. The number of nitrogens with two attached hydrogens (primary N) is 1. The van der Waals surface area contributed by atoms with Gasteiger partial charge >= 0.3 is 0 Å². The van der Waals surface area contributed by atoms with E-state index in [-0.39, 0.29) is 5.91 Å². The Balaban J connectivity index is 1.61. The van der Waals surface area contributed by atoms with E-state index < -0.39 is 6.04 Å². The molecule has 4 heteroatoms. The molecule has 1 amide bonds. The monoisotopic (exact) mass is 276 g/mol. The summed E-state index contributed by atoms with van der Waals surface area (Å²) in [5, 5.41) is 2.90. The van der Waals surface area contributed by atoms with E-state index in [0.29, 0.717) is 19.1 Å². The van der Waals surface area contributed by atoms with Crippen LogP contribution in [0.1, 0.15) is 31.2 Å².